The largest absolute Gasteiger partial charge is 0.309 e. The van der Waals surface area contributed by atoms with Crippen molar-refractivity contribution in [2.75, 3.05) is 11.9 Å². The maximum absolute atomic E-state index is 12.4. The molecule has 0 saturated heterocycles. The van der Waals surface area contributed by atoms with Gasteiger partial charge in [-0.3, -0.25) is 14.5 Å². The van der Waals surface area contributed by atoms with Crippen molar-refractivity contribution in [2.45, 2.75) is 31.7 Å². The lowest BCUT2D eigenvalue weighted by molar-refractivity contribution is -0.116. The van der Waals surface area contributed by atoms with Gasteiger partial charge in [0.25, 0.3) is 0 Å². The van der Waals surface area contributed by atoms with Gasteiger partial charge in [0.05, 0.1) is 11.4 Å². The molecule has 152 valence electrons. The van der Waals surface area contributed by atoms with Gasteiger partial charge in [-0.25, -0.2) is 13.1 Å². The summed E-state index contributed by atoms with van der Waals surface area (Å²) in [5.41, 5.74) is 2.65. The third-order valence-corrected chi connectivity index (χ3v) is 5.86. The summed E-state index contributed by atoms with van der Waals surface area (Å²) in [6.45, 7) is 4.19. The highest BCUT2D eigenvalue weighted by atomic mass is 32.2. The summed E-state index contributed by atoms with van der Waals surface area (Å²) in [6, 6.07) is 10.6. The molecular weight excluding hydrogens is 390 g/mol. The van der Waals surface area contributed by atoms with Crippen LogP contribution >= 0.6 is 0 Å². The molecule has 0 radical (unpaired) electrons. The third-order valence-electron chi connectivity index (χ3n) is 4.24. The van der Waals surface area contributed by atoms with E-state index >= 15 is 0 Å². The topological polar surface area (TPSA) is 106 Å². The molecule has 3 rings (SSSR count). The number of amides is 1. The molecule has 8 nitrogen and oxygen atoms in total. The van der Waals surface area contributed by atoms with E-state index < -0.39 is 10.0 Å². The number of sulfonamides is 1. The van der Waals surface area contributed by atoms with Crippen molar-refractivity contribution in [2.24, 2.45) is 0 Å². The monoisotopic (exact) mass is 413 g/mol. The smallest absolute Gasteiger partial charge is 0.240 e. The van der Waals surface area contributed by atoms with Gasteiger partial charge < -0.3 is 5.32 Å². The Kier molecular flexibility index (Phi) is 6.40. The first-order valence-corrected chi connectivity index (χ1v) is 10.6. The maximum atomic E-state index is 12.4. The summed E-state index contributed by atoms with van der Waals surface area (Å²) in [4.78, 5) is 16.4. The lowest BCUT2D eigenvalue weighted by Gasteiger charge is -2.10. The van der Waals surface area contributed by atoms with Crippen molar-refractivity contribution in [1.29, 1.82) is 0 Å². The predicted octanol–water partition coefficient (Wildman–Crippen LogP) is 2.25. The summed E-state index contributed by atoms with van der Waals surface area (Å²) >= 11 is 0. The average molecular weight is 414 g/mol. The lowest BCUT2D eigenvalue weighted by Crippen LogP contribution is -2.28. The van der Waals surface area contributed by atoms with Crippen LogP contribution in [-0.4, -0.2) is 35.6 Å². The van der Waals surface area contributed by atoms with Gasteiger partial charge in [-0.05, 0) is 37.1 Å². The molecule has 0 aliphatic rings. The van der Waals surface area contributed by atoms with E-state index in [1.165, 1.54) is 0 Å². The first-order valence-electron chi connectivity index (χ1n) is 9.12. The number of hydrogen-bond acceptors (Lipinski definition) is 5. The van der Waals surface area contributed by atoms with E-state index in [0.29, 0.717) is 17.9 Å². The molecular formula is C20H23N5O3S. The number of carbonyl (C=O) groups excluding carboxylic acids is 1. The minimum absolute atomic E-state index is 0.000393. The Hall–Kier alpha value is -3.04. The molecule has 2 aromatic heterocycles. The van der Waals surface area contributed by atoms with Gasteiger partial charge in [0, 0.05) is 37.6 Å². The number of carbonyl (C=O) groups is 1. The zero-order valence-corrected chi connectivity index (χ0v) is 17.1. The molecule has 0 atom stereocenters. The van der Waals surface area contributed by atoms with E-state index in [1.807, 2.05) is 25.1 Å². The molecule has 29 heavy (non-hydrogen) atoms. The van der Waals surface area contributed by atoms with Crippen LogP contribution in [0.1, 0.15) is 23.1 Å². The van der Waals surface area contributed by atoms with Crippen LogP contribution in [0.5, 0.6) is 0 Å². The highest BCUT2D eigenvalue weighted by Gasteiger charge is 2.17. The normalized spacial score (nSPS) is 11.4. The fourth-order valence-electron chi connectivity index (χ4n) is 2.88. The Morgan fingerprint density at radius 2 is 2.00 bits per heavy atom. The van der Waals surface area contributed by atoms with Crippen molar-refractivity contribution in [3.8, 4) is 0 Å². The van der Waals surface area contributed by atoms with Crippen LogP contribution in [0.2, 0.25) is 0 Å². The Labute approximate surface area is 170 Å². The lowest BCUT2D eigenvalue weighted by atomic mass is 10.2. The second kappa shape index (κ2) is 8.97. The molecule has 0 aliphatic carbocycles. The minimum atomic E-state index is -3.66. The molecule has 1 amide bonds. The molecule has 2 heterocycles. The molecule has 3 aromatic rings. The number of hydrogen-bond donors (Lipinski definition) is 2. The van der Waals surface area contributed by atoms with Crippen LogP contribution in [-0.2, 0) is 21.4 Å². The first kappa shape index (κ1) is 20.7. The van der Waals surface area contributed by atoms with Gasteiger partial charge in [-0.2, -0.15) is 5.10 Å². The number of aromatic nitrogens is 3. The van der Waals surface area contributed by atoms with Crippen LogP contribution in [0, 0.1) is 13.8 Å². The number of aryl methyl sites for hydroxylation is 2. The molecule has 0 bridgehead atoms. The van der Waals surface area contributed by atoms with E-state index in [2.05, 4.69) is 20.1 Å². The van der Waals surface area contributed by atoms with E-state index in [4.69, 9.17) is 0 Å². The van der Waals surface area contributed by atoms with Crippen LogP contribution in [0.4, 0.5) is 5.82 Å². The second-order valence-corrected chi connectivity index (χ2v) is 8.46. The minimum Gasteiger partial charge on any atom is -0.309 e. The second-order valence-electron chi connectivity index (χ2n) is 6.72. The third kappa shape index (κ3) is 5.72. The fraction of sp³-hybridized carbons (Fsp3) is 0.250. The van der Waals surface area contributed by atoms with Crippen LogP contribution < -0.4 is 10.0 Å². The van der Waals surface area contributed by atoms with E-state index in [0.717, 1.165) is 11.1 Å². The molecule has 2 N–H and O–H groups in total. The van der Waals surface area contributed by atoms with Crippen LogP contribution in [0.3, 0.4) is 0 Å². The number of rotatable bonds is 8. The SMILES string of the molecule is Cc1ccc(S(=O)(=O)NCCC(=O)Nc2ccn(Cc3cccnc3)n2)c(C)c1. The molecule has 0 aliphatic heterocycles. The van der Waals surface area contributed by atoms with Gasteiger partial charge in [0.2, 0.25) is 15.9 Å². The number of nitrogens with one attached hydrogen (secondary N) is 2. The first-order chi connectivity index (χ1) is 13.8. The predicted molar refractivity (Wildman–Crippen MR) is 110 cm³/mol. The van der Waals surface area contributed by atoms with Crippen molar-refractivity contribution < 1.29 is 13.2 Å². The maximum Gasteiger partial charge on any atom is 0.240 e. The van der Waals surface area contributed by atoms with E-state index in [1.54, 1.807) is 48.4 Å². The molecule has 9 heteroatoms. The fourth-order valence-corrected chi connectivity index (χ4v) is 4.13. The van der Waals surface area contributed by atoms with E-state index in [-0.39, 0.29) is 23.8 Å². The average Bonchev–Trinajstić information content (AvgIpc) is 3.08. The quantitative estimate of drug-likeness (QED) is 0.589. The zero-order chi connectivity index (χ0) is 20.9. The van der Waals surface area contributed by atoms with Crippen LogP contribution in [0.15, 0.2) is 59.9 Å². The summed E-state index contributed by atoms with van der Waals surface area (Å²) in [6.07, 6.45) is 5.21. The molecule has 1 aromatic carbocycles. The molecule has 0 fully saturated rings. The van der Waals surface area contributed by atoms with E-state index in [9.17, 15) is 13.2 Å². The van der Waals surface area contributed by atoms with Crippen molar-refractivity contribution in [3.05, 3.63) is 71.7 Å². The Bertz CT molecular complexity index is 1090. The van der Waals surface area contributed by atoms with Gasteiger partial charge in [0.1, 0.15) is 0 Å². The standard InChI is InChI=1S/C20H23N5O3S/c1-15-5-6-18(16(2)12-15)29(27,28)22-10-7-20(26)23-19-8-11-25(24-19)14-17-4-3-9-21-13-17/h3-6,8-9,11-13,22H,7,10,14H2,1-2H3,(H,23,24,26). The van der Waals surface area contributed by atoms with Gasteiger partial charge >= 0.3 is 0 Å². The van der Waals surface area contributed by atoms with Crippen molar-refractivity contribution in [3.63, 3.8) is 0 Å². The highest BCUT2D eigenvalue weighted by Crippen LogP contribution is 2.16. The van der Waals surface area contributed by atoms with Gasteiger partial charge in [-0.15, -0.1) is 0 Å². The highest BCUT2D eigenvalue weighted by molar-refractivity contribution is 7.89. The van der Waals surface area contributed by atoms with Crippen molar-refractivity contribution in [1.82, 2.24) is 19.5 Å². The molecule has 0 saturated carbocycles. The van der Waals surface area contributed by atoms with Crippen molar-refractivity contribution >= 4 is 21.7 Å². The number of benzene rings is 1. The summed E-state index contributed by atoms with van der Waals surface area (Å²) < 4.78 is 29.0. The summed E-state index contributed by atoms with van der Waals surface area (Å²) in [5, 5.41) is 6.96. The number of pyridine rings is 1. The van der Waals surface area contributed by atoms with Gasteiger partial charge in [-0.1, -0.05) is 23.8 Å². The summed E-state index contributed by atoms with van der Waals surface area (Å²) in [5.74, 6) is 0.0936. The molecule has 0 unspecified atom stereocenters. The number of anilines is 1. The van der Waals surface area contributed by atoms with Gasteiger partial charge in [0.15, 0.2) is 5.82 Å². The Morgan fingerprint density at radius 3 is 2.72 bits per heavy atom. The Morgan fingerprint density at radius 1 is 1.17 bits per heavy atom. The van der Waals surface area contributed by atoms with Crippen LogP contribution in [0.25, 0.3) is 0 Å². The zero-order valence-electron chi connectivity index (χ0n) is 16.3. The summed E-state index contributed by atoms with van der Waals surface area (Å²) in [7, 11) is -3.66. The number of nitrogens with zero attached hydrogens (tertiary/aromatic N) is 3. The Balaban J connectivity index is 1.50. The molecule has 0 spiro atoms.